The Morgan fingerprint density at radius 2 is 2.00 bits per heavy atom. The maximum absolute atomic E-state index is 12.2. The Kier molecular flexibility index (Phi) is 7.56. The second kappa shape index (κ2) is 9.20. The van der Waals surface area contributed by atoms with Gasteiger partial charge in [0.1, 0.15) is 0 Å². The van der Waals surface area contributed by atoms with Crippen LogP contribution in [0.15, 0.2) is 18.2 Å². The fraction of sp³-hybridized carbons (Fsp3) is 0.500. The van der Waals surface area contributed by atoms with Crippen LogP contribution in [0.25, 0.3) is 0 Å². The second-order valence-corrected chi connectivity index (χ2v) is 5.00. The first-order valence-corrected chi connectivity index (χ1v) is 7.69. The third-order valence-corrected chi connectivity index (χ3v) is 3.57. The number of carbonyl (C=O) groups is 1. The van der Waals surface area contributed by atoms with E-state index in [1.807, 2.05) is 32.0 Å². The summed E-state index contributed by atoms with van der Waals surface area (Å²) in [6.07, 6.45) is 3.03. The van der Waals surface area contributed by atoms with E-state index < -0.39 is 0 Å². The summed E-state index contributed by atoms with van der Waals surface area (Å²) in [4.78, 5) is 12.2. The van der Waals surface area contributed by atoms with Gasteiger partial charge in [-0.2, -0.15) is 0 Å². The number of amides is 1. The average Bonchev–Trinajstić information content (AvgIpc) is 2.50. The first kappa shape index (κ1) is 17.3. The molecule has 0 bridgehead atoms. The maximum atomic E-state index is 12.2. The second-order valence-electron chi connectivity index (χ2n) is 5.00. The van der Waals surface area contributed by atoms with Gasteiger partial charge in [0, 0.05) is 23.6 Å². The van der Waals surface area contributed by atoms with Crippen molar-refractivity contribution < 1.29 is 9.90 Å². The molecule has 0 fully saturated rings. The monoisotopic (exact) mass is 287 g/mol. The molecule has 0 aliphatic carbocycles. The fourth-order valence-electron chi connectivity index (χ4n) is 2.20. The summed E-state index contributed by atoms with van der Waals surface area (Å²) < 4.78 is 0. The van der Waals surface area contributed by atoms with Crippen LogP contribution in [-0.4, -0.2) is 17.6 Å². The molecule has 1 aromatic rings. The normalized spacial score (nSPS) is 10.1. The van der Waals surface area contributed by atoms with E-state index in [0.717, 1.165) is 36.1 Å². The predicted molar refractivity (Wildman–Crippen MR) is 87.1 cm³/mol. The van der Waals surface area contributed by atoms with Gasteiger partial charge in [-0.15, -0.1) is 0 Å². The molecule has 0 aliphatic heterocycles. The number of hydrogen-bond donors (Lipinski definition) is 2. The number of benzene rings is 1. The Bertz CT molecular complexity index is 522. The molecule has 0 saturated carbocycles. The van der Waals surface area contributed by atoms with Crippen molar-refractivity contribution >= 4 is 11.6 Å². The van der Waals surface area contributed by atoms with Gasteiger partial charge in [-0.05, 0) is 43.0 Å². The van der Waals surface area contributed by atoms with E-state index in [9.17, 15) is 4.79 Å². The highest BCUT2D eigenvalue weighted by molar-refractivity contribution is 5.93. The minimum Gasteiger partial charge on any atom is -0.395 e. The zero-order valence-corrected chi connectivity index (χ0v) is 13.2. The van der Waals surface area contributed by atoms with Crippen LogP contribution < -0.4 is 5.32 Å². The third-order valence-electron chi connectivity index (χ3n) is 3.57. The molecule has 3 nitrogen and oxygen atoms in total. The van der Waals surface area contributed by atoms with E-state index in [1.54, 1.807) is 0 Å². The van der Waals surface area contributed by atoms with Crippen LogP contribution in [0.5, 0.6) is 0 Å². The lowest BCUT2D eigenvalue weighted by Crippen LogP contribution is -2.22. The fourth-order valence-corrected chi connectivity index (χ4v) is 2.20. The molecule has 0 radical (unpaired) electrons. The molecule has 0 aromatic heterocycles. The van der Waals surface area contributed by atoms with Crippen LogP contribution in [0.2, 0.25) is 0 Å². The van der Waals surface area contributed by atoms with Crippen LogP contribution in [0.1, 0.15) is 51.2 Å². The largest absolute Gasteiger partial charge is 0.395 e. The van der Waals surface area contributed by atoms with Crippen molar-refractivity contribution in [1.82, 2.24) is 0 Å². The van der Waals surface area contributed by atoms with Crippen molar-refractivity contribution in [1.29, 1.82) is 0 Å². The molecule has 1 aromatic carbocycles. The lowest BCUT2D eigenvalue weighted by Gasteiger charge is -2.15. The van der Waals surface area contributed by atoms with Gasteiger partial charge in [0.15, 0.2) is 0 Å². The summed E-state index contributed by atoms with van der Waals surface area (Å²) in [5, 5.41) is 11.8. The van der Waals surface area contributed by atoms with Crippen molar-refractivity contribution in [3.63, 3.8) is 0 Å². The van der Waals surface area contributed by atoms with E-state index >= 15 is 0 Å². The van der Waals surface area contributed by atoms with E-state index in [1.165, 1.54) is 0 Å². The number of anilines is 1. The van der Waals surface area contributed by atoms with Crippen LogP contribution in [0.4, 0.5) is 5.69 Å². The SMILES string of the molecule is CCc1cc(C#CCCO)ccc1NC(=O)C(CC)CC. The third kappa shape index (κ3) is 5.24. The smallest absolute Gasteiger partial charge is 0.227 e. The summed E-state index contributed by atoms with van der Waals surface area (Å²) in [5.74, 6) is 6.10. The molecular weight excluding hydrogens is 262 g/mol. The van der Waals surface area contributed by atoms with Crippen LogP contribution in [0.3, 0.4) is 0 Å². The first-order chi connectivity index (χ1) is 10.2. The van der Waals surface area contributed by atoms with Crippen molar-refractivity contribution in [2.45, 2.75) is 46.5 Å². The van der Waals surface area contributed by atoms with Crippen molar-refractivity contribution in [3.05, 3.63) is 29.3 Å². The number of nitrogens with one attached hydrogen (secondary N) is 1. The zero-order valence-electron chi connectivity index (χ0n) is 13.2. The molecule has 0 spiro atoms. The van der Waals surface area contributed by atoms with Gasteiger partial charge < -0.3 is 10.4 Å². The maximum Gasteiger partial charge on any atom is 0.227 e. The number of aliphatic hydroxyl groups is 1. The van der Waals surface area contributed by atoms with Crippen LogP contribution in [0, 0.1) is 17.8 Å². The quantitative estimate of drug-likeness (QED) is 0.788. The number of hydrogen-bond acceptors (Lipinski definition) is 2. The molecule has 2 N–H and O–H groups in total. The molecule has 1 rings (SSSR count). The highest BCUT2D eigenvalue weighted by Crippen LogP contribution is 2.20. The summed E-state index contributed by atoms with van der Waals surface area (Å²) in [6, 6.07) is 5.83. The minimum absolute atomic E-state index is 0.0683. The number of aliphatic hydroxyl groups excluding tert-OH is 1. The van der Waals surface area contributed by atoms with Gasteiger partial charge in [0.05, 0.1) is 6.61 Å². The van der Waals surface area contributed by atoms with Crippen molar-refractivity contribution in [2.24, 2.45) is 5.92 Å². The van der Waals surface area contributed by atoms with E-state index in [-0.39, 0.29) is 18.4 Å². The molecular formula is C18H25NO2. The van der Waals surface area contributed by atoms with Gasteiger partial charge in [0.2, 0.25) is 5.91 Å². The molecule has 1 amide bonds. The Balaban J connectivity index is 2.89. The lowest BCUT2D eigenvalue weighted by molar-refractivity contribution is -0.120. The average molecular weight is 287 g/mol. The molecule has 0 atom stereocenters. The zero-order chi connectivity index (χ0) is 15.7. The number of rotatable bonds is 6. The summed E-state index contributed by atoms with van der Waals surface area (Å²) in [7, 11) is 0. The Morgan fingerprint density at radius 3 is 2.57 bits per heavy atom. The Hall–Kier alpha value is -1.79. The Labute approximate surface area is 127 Å². The Morgan fingerprint density at radius 1 is 1.29 bits per heavy atom. The van der Waals surface area contributed by atoms with Gasteiger partial charge in [-0.3, -0.25) is 4.79 Å². The highest BCUT2D eigenvalue weighted by Gasteiger charge is 2.15. The molecule has 21 heavy (non-hydrogen) atoms. The lowest BCUT2D eigenvalue weighted by atomic mass is 10.0. The minimum atomic E-state index is 0.0683. The van der Waals surface area contributed by atoms with E-state index in [4.69, 9.17) is 5.11 Å². The molecule has 114 valence electrons. The molecule has 0 unspecified atom stereocenters. The molecule has 0 saturated heterocycles. The van der Waals surface area contributed by atoms with Gasteiger partial charge in [-0.25, -0.2) is 0 Å². The standard InChI is InChI=1S/C18H25NO2/c1-4-15(5-2)18(21)19-17-11-10-14(9-7-8-12-20)13-16(17)6-3/h10-11,13,15,20H,4-6,8,12H2,1-3H3,(H,19,21). The molecule has 0 aliphatic rings. The summed E-state index contributed by atoms with van der Waals surface area (Å²) >= 11 is 0. The molecule has 3 heteroatoms. The predicted octanol–water partition coefficient (Wildman–Crippen LogP) is 3.36. The topological polar surface area (TPSA) is 49.3 Å². The van der Waals surface area contributed by atoms with Crippen LogP contribution >= 0.6 is 0 Å². The van der Waals surface area contributed by atoms with Gasteiger partial charge >= 0.3 is 0 Å². The first-order valence-electron chi connectivity index (χ1n) is 7.69. The molecule has 0 heterocycles. The van der Waals surface area contributed by atoms with Crippen molar-refractivity contribution in [2.75, 3.05) is 11.9 Å². The van der Waals surface area contributed by atoms with Gasteiger partial charge in [-0.1, -0.05) is 32.6 Å². The van der Waals surface area contributed by atoms with Gasteiger partial charge in [0.25, 0.3) is 0 Å². The highest BCUT2D eigenvalue weighted by atomic mass is 16.2. The number of carbonyl (C=O) groups excluding carboxylic acids is 1. The summed E-state index contributed by atoms with van der Waals surface area (Å²) in [5.41, 5.74) is 2.88. The summed E-state index contributed by atoms with van der Waals surface area (Å²) in [6.45, 7) is 6.22. The number of aryl methyl sites for hydroxylation is 1. The van der Waals surface area contributed by atoms with E-state index in [2.05, 4.69) is 24.1 Å². The van der Waals surface area contributed by atoms with Crippen molar-refractivity contribution in [3.8, 4) is 11.8 Å². The van der Waals surface area contributed by atoms with Crippen LogP contribution in [-0.2, 0) is 11.2 Å². The van der Waals surface area contributed by atoms with E-state index in [0.29, 0.717) is 6.42 Å².